The molecule has 2 aliphatic rings. The fourth-order valence-electron chi connectivity index (χ4n) is 3.26. The maximum Gasteiger partial charge on any atom is 0.243 e. The lowest BCUT2D eigenvalue weighted by atomic mass is 9.90. The molecule has 0 amide bonds. The minimum Gasteiger partial charge on any atom is -0.338 e. The summed E-state index contributed by atoms with van der Waals surface area (Å²) in [6.45, 7) is 5.28. The van der Waals surface area contributed by atoms with E-state index in [1.54, 1.807) is 4.31 Å². The Morgan fingerprint density at radius 2 is 2.13 bits per heavy atom. The Balaban J connectivity index is 1.61. The van der Waals surface area contributed by atoms with Crippen molar-refractivity contribution >= 4 is 10.0 Å². The van der Waals surface area contributed by atoms with Gasteiger partial charge in [-0.15, -0.1) is 0 Å². The monoisotopic (exact) mass is 342 g/mol. The fourth-order valence-corrected chi connectivity index (χ4v) is 4.16. The SMILES string of the molecule is CCC1CN(S(C)(=O)=O)CCC1NC(C)c1nc(C2CC2)no1. The molecule has 1 saturated heterocycles. The molecule has 3 rings (SSSR count). The maximum atomic E-state index is 11.7. The summed E-state index contributed by atoms with van der Waals surface area (Å²) in [5.74, 6) is 2.24. The van der Waals surface area contributed by atoms with Crippen LogP contribution < -0.4 is 5.32 Å². The van der Waals surface area contributed by atoms with Gasteiger partial charge in [0.1, 0.15) is 0 Å². The quantitative estimate of drug-likeness (QED) is 0.846. The van der Waals surface area contributed by atoms with Gasteiger partial charge in [-0.05, 0) is 32.1 Å². The molecule has 1 aliphatic heterocycles. The summed E-state index contributed by atoms with van der Waals surface area (Å²) in [7, 11) is -3.11. The first-order valence-corrected chi connectivity index (χ1v) is 10.3. The molecule has 130 valence electrons. The predicted molar refractivity (Wildman–Crippen MR) is 86.4 cm³/mol. The Hall–Kier alpha value is -0.990. The van der Waals surface area contributed by atoms with Crippen molar-refractivity contribution in [2.45, 2.75) is 57.5 Å². The molecule has 0 spiro atoms. The Kier molecular flexibility index (Phi) is 4.75. The van der Waals surface area contributed by atoms with Crippen molar-refractivity contribution in [1.29, 1.82) is 0 Å². The first kappa shape index (κ1) is 16.9. The summed E-state index contributed by atoms with van der Waals surface area (Å²) in [5.41, 5.74) is 0. The number of nitrogens with one attached hydrogen (secondary N) is 1. The number of sulfonamides is 1. The van der Waals surface area contributed by atoms with Crippen LogP contribution in [0.1, 0.15) is 63.2 Å². The standard InChI is InChI=1S/C15H26N4O3S/c1-4-11-9-19(23(3,20)21)8-7-13(11)16-10(2)15-17-14(18-22-15)12-5-6-12/h10-13,16H,4-9H2,1-3H3. The van der Waals surface area contributed by atoms with Crippen molar-refractivity contribution in [3.63, 3.8) is 0 Å². The molecule has 1 N–H and O–H groups in total. The van der Waals surface area contributed by atoms with Crippen LogP contribution in [0.4, 0.5) is 0 Å². The summed E-state index contributed by atoms with van der Waals surface area (Å²) in [6, 6.07) is 0.253. The third-order valence-electron chi connectivity index (χ3n) is 4.92. The second-order valence-corrected chi connectivity index (χ2v) is 8.82. The van der Waals surface area contributed by atoms with Crippen LogP contribution >= 0.6 is 0 Å². The van der Waals surface area contributed by atoms with E-state index in [0.29, 0.717) is 30.8 Å². The van der Waals surface area contributed by atoms with Crippen LogP contribution in [0, 0.1) is 5.92 Å². The van der Waals surface area contributed by atoms with Gasteiger partial charge >= 0.3 is 0 Å². The lowest BCUT2D eigenvalue weighted by Gasteiger charge is -2.38. The zero-order valence-corrected chi connectivity index (χ0v) is 14.8. The van der Waals surface area contributed by atoms with Gasteiger partial charge in [0.2, 0.25) is 15.9 Å². The molecule has 1 aromatic heterocycles. The lowest BCUT2D eigenvalue weighted by molar-refractivity contribution is 0.185. The highest BCUT2D eigenvalue weighted by Gasteiger charge is 2.34. The third kappa shape index (κ3) is 3.92. The van der Waals surface area contributed by atoms with E-state index in [1.807, 2.05) is 6.92 Å². The van der Waals surface area contributed by atoms with Gasteiger partial charge in [0.15, 0.2) is 5.82 Å². The van der Waals surface area contributed by atoms with E-state index >= 15 is 0 Å². The van der Waals surface area contributed by atoms with Gasteiger partial charge in [0.05, 0.1) is 12.3 Å². The van der Waals surface area contributed by atoms with Gasteiger partial charge in [0, 0.05) is 25.0 Å². The van der Waals surface area contributed by atoms with Crippen molar-refractivity contribution in [3.8, 4) is 0 Å². The first-order valence-electron chi connectivity index (χ1n) is 8.43. The Bertz CT molecular complexity index is 641. The second-order valence-electron chi connectivity index (χ2n) is 6.84. The van der Waals surface area contributed by atoms with Crippen LogP contribution in [0.15, 0.2) is 4.52 Å². The van der Waals surface area contributed by atoms with E-state index in [2.05, 4.69) is 22.4 Å². The Morgan fingerprint density at radius 3 is 2.74 bits per heavy atom. The molecule has 7 nitrogen and oxygen atoms in total. The number of rotatable bonds is 6. The fraction of sp³-hybridized carbons (Fsp3) is 0.867. The van der Waals surface area contributed by atoms with Crippen LogP contribution in [-0.2, 0) is 10.0 Å². The third-order valence-corrected chi connectivity index (χ3v) is 6.19. The van der Waals surface area contributed by atoms with Gasteiger partial charge in [-0.3, -0.25) is 0 Å². The molecule has 2 fully saturated rings. The van der Waals surface area contributed by atoms with E-state index in [1.165, 1.54) is 6.26 Å². The van der Waals surface area contributed by atoms with Gasteiger partial charge in [0.25, 0.3) is 0 Å². The van der Waals surface area contributed by atoms with Gasteiger partial charge in [-0.25, -0.2) is 12.7 Å². The summed E-state index contributed by atoms with van der Waals surface area (Å²) in [6.07, 6.45) is 5.34. The van der Waals surface area contributed by atoms with Crippen LogP contribution in [0.5, 0.6) is 0 Å². The van der Waals surface area contributed by atoms with Crippen molar-refractivity contribution in [3.05, 3.63) is 11.7 Å². The molecule has 2 heterocycles. The minimum absolute atomic E-state index is 0.0150. The molecule has 1 saturated carbocycles. The van der Waals surface area contributed by atoms with Gasteiger partial charge in [-0.2, -0.15) is 4.98 Å². The summed E-state index contributed by atoms with van der Waals surface area (Å²) >= 11 is 0. The van der Waals surface area contributed by atoms with Crippen LogP contribution in [-0.4, -0.2) is 48.3 Å². The smallest absolute Gasteiger partial charge is 0.243 e. The molecule has 0 aromatic carbocycles. The molecule has 1 aliphatic carbocycles. The van der Waals surface area contributed by atoms with Gasteiger partial charge in [-0.1, -0.05) is 18.5 Å². The topological polar surface area (TPSA) is 88.3 Å². The highest BCUT2D eigenvalue weighted by atomic mass is 32.2. The Morgan fingerprint density at radius 1 is 1.39 bits per heavy atom. The van der Waals surface area contributed by atoms with Crippen LogP contribution in [0.25, 0.3) is 0 Å². The largest absolute Gasteiger partial charge is 0.338 e. The summed E-state index contributed by atoms with van der Waals surface area (Å²) < 4.78 is 30.5. The number of hydrogen-bond donors (Lipinski definition) is 1. The molecular weight excluding hydrogens is 316 g/mol. The van der Waals surface area contributed by atoms with E-state index in [9.17, 15) is 8.42 Å². The zero-order valence-electron chi connectivity index (χ0n) is 14.0. The van der Waals surface area contributed by atoms with E-state index in [-0.39, 0.29) is 12.1 Å². The molecular formula is C15H26N4O3S. The molecule has 0 bridgehead atoms. The van der Waals surface area contributed by atoms with Gasteiger partial charge < -0.3 is 9.84 Å². The molecule has 0 radical (unpaired) electrons. The average molecular weight is 342 g/mol. The lowest BCUT2D eigenvalue weighted by Crippen LogP contribution is -2.51. The van der Waals surface area contributed by atoms with Crippen LogP contribution in [0.3, 0.4) is 0 Å². The van der Waals surface area contributed by atoms with Crippen molar-refractivity contribution in [2.75, 3.05) is 19.3 Å². The van der Waals surface area contributed by atoms with Crippen molar-refractivity contribution in [1.82, 2.24) is 19.8 Å². The number of aromatic nitrogens is 2. The van der Waals surface area contributed by atoms with Crippen molar-refractivity contribution in [2.24, 2.45) is 5.92 Å². The predicted octanol–water partition coefficient (Wildman–Crippen LogP) is 1.66. The number of nitrogens with zero attached hydrogens (tertiary/aromatic N) is 3. The van der Waals surface area contributed by atoms with E-state index < -0.39 is 10.0 Å². The second kappa shape index (κ2) is 6.49. The molecule has 3 unspecified atom stereocenters. The molecule has 3 atom stereocenters. The Labute approximate surface area is 137 Å². The highest BCUT2D eigenvalue weighted by Crippen LogP contribution is 2.38. The number of piperidine rings is 1. The van der Waals surface area contributed by atoms with Crippen LogP contribution in [0.2, 0.25) is 0 Å². The average Bonchev–Trinajstić information content (AvgIpc) is 3.23. The minimum atomic E-state index is -3.11. The summed E-state index contributed by atoms with van der Waals surface area (Å²) in [5, 5.41) is 7.63. The van der Waals surface area contributed by atoms with E-state index in [4.69, 9.17) is 4.52 Å². The normalized spacial score (nSPS) is 28.0. The summed E-state index contributed by atoms with van der Waals surface area (Å²) in [4.78, 5) is 4.50. The maximum absolute atomic E-state index is 11.7. The molecule has 23 heavy (non-hydrogen) atoms. The molecule has 1 aromatic rings. The van der Waals surface area contributed by atoms with Crippen molar-refractivity contribution < 1.29 is 12.9 Å². The zero-order chi connectivity index (χ0) is 16.6. The highest BCUT2D eigenvalue weighted by molar-refractivity contribution is 7.88. The first-order chi connectivity index (χ1) is 10.9. The molecule has 8 heteroatoms. The number of hydrogen-bond acceptors (Lipinski definition) is 6. The van der Waals surface area contributed by atoms with E-state index in [0.717, 1.165) is 31.5 Å².